The van der Waals surface area contributed by atoms with Gasteiger partial charge in [-0.05, 0) is 37.5 Å². The average molecular weight is 234 g/mol. The molecule has 1 aliphatic rings. The van der Waals surface area contributed by atoms with Gasteiger partial charge in [-0.25, -0.2) is 0 Å². The highest BCUT2D eigenvalue weighted by Gasteiger charge is 2.48. The number of phenolic OH excluding ortho intramolecular Hbond substituents is 1. The Hall–Kier alpha value is -1.84. The number of ketones is 1. The Bertz CT molecular complexity index is 486. The van der Waals surface area contributed by atoms with Gasteiger partial charge in [-0.1, -0.05) is 6.07 Å². The Morgan fingerprint density at radius 2 is 1.94 bits per heavy atom. The third-order valence-corrected chi connectivity index (χ3v) is 2.95. The molecule has 4 heteroatoms. The van der Waals surface area contributed by atoms with E-state index in [2.05, 4.69) is 0 Å². The molecule has 1 aromatic carbocycles. The Morgan fingerprint density at radius 3 is 2.41 bits per heavy atom. The summed E-state index contributed by atoms with van der Waals surface area (Å²) in [5.41, 5.74) is 0.459. The van der Waals surface area contributed by atoms with Crippen LogP contribution in [0.3, 0.4) is 0 Å². The molecule has 0 amide bonds. The second-order valence-electron chi connectivity index (χ2n) is 4.38. The average Bonchev–Trinajstić information content (AvgIpc) is 2.97. The summed E-state index contributed by atoms with van der Waals surface area (Å²) in [4.78, 5) is 22.3. The molecule has 1 aliphatic carbocycles. The maximum Gasteiger partial charge on any atom is 0.303 e. The molecule has 0 radical (unpaired) electrons. The molecule has 1 saturated carbocycles. The van der Waals surface area contributed by atoms with Crippen LogP contribution in [0, 0.1) is 0 Å². The van der Waals surface area contributed by atoms with Crippen molar-refractivity contribution in [1.82, 2.24) is 0 Å². The molecule has 90 valence electrons. The zero-order chi connectivity index (χ0) is 12.6. The monoisotopic (exact) mass is 234 g/mol. The van der Waals surface area contributed by atoms with Crippen molar-refractivity contribution in [2.24, 2.45) is 0 Å². The Labute approximate surface area is 99.2 Å². The van der Waals surface area contributed by atoms with Gasteiger partial charge < -0.3 is 9.84 Å². The number of rotatable bonds is 3. The minimum Gasteiger partial charge on any atom is -0.507 e. The smallest absolute Gasteiger partial charge is 0.303 e. The van der Waals surface area contributed by atoms with Gasteiger partial charge in [0.15, 0.2) is 5.78 Å². The van der Waals surface area contributed by atoms with E-state index in [-0.39, 0.29) is 23.1 Å². The van der Waals surface area contributed by atoms with Gasteiger partial charge in [-0.15, -0.1) is 0 Å². The molecule has 0 aromatic heterocycles. The molecule has 1 N–H and O–H groups in total. The third-order valence-electron chi connectivity index (χ3n) is 2.95. The van der Waals surface area contributed by atoms with Crippen molar-refractivity contribution in [2.45, 2.75) is 32.3 Å². The number of esters is 1. The van der Waals surface area contributed by atoms with Gasteiger partial charge in [-0.3, -0.25) is 9.59 Å². The van der Waals surface area contributed by atoms with Crippen LogP contribution in [0.5, 0.6) is 5.75 Å². The molecule has 0 saturated heterocycles. The van der Waals surface area contributed by atoms with E-state index in [0.29, 0.717) is 0 Å². The van der Waals surface area contributed by atoms with E-state index in [1.807, 2.05) is 0 Å². The molecule has 4 nitrogen and oxygen atoms in total. The largest absolute Gasteiger partial charge is 0.507 e. The molecular formula is C13H14O4. The Balaban J connectivity index is 2.37. The number of hydrogen-bond donors (Lipinski definition) is 1. The van der Waals surface area contributed by atoms with Gasteiger partial charge in [0.05, 0.1) is 5.56 Å². The van der Waals surface area contributed by atoms with Crippen LogP contribution in [0.25, 0.3) is 0 Å². The highest BCUT2D eigenvalue weighted by atomic mass is 16.6. The lowest BCUT2D eigenvalue weighted by Crippen LogP contribution is -2.16. The van der Waals surface area contributed by atoms with E-state index in [0.717, 1.165) is 18.4 Å². The lowest BCUT2D eigenvalue weighted by atomic mass is 10.0. The third kappa shape index (κ3) is 2.16. The van der Waals surface area contributed by atoms with E-state index in [1.165, 1.54) is 19.9 Å². The first-order valence-corrected chi connectivity index (χ1v) is 5.49. The Morgan fingerprint density at radius 1 is 1.29 bits per heavy atom. The van der Waals surface area contributed by atoms with Crippen molar-refractivity contribution in [2.75, 3.05) is 0 Å². The summed E-state index contributed by atoms with van der Waals surface area (Å²) in [6, 6.07) is 4.76. The zero-order valence-corrected chi connectivity index (χ0v) is 9.82. The predicted molar refractivity (Wildman–Crippen MR) is 60.8 cm³/mol. The minimum absolute atomic E-state index is 0.0418. The number of ether oxygens (including phenoxy) is 1. The molecule has 0 aliphatic heterocycles. The number of carbonyl (C=O) groups is 2. The molecule has 1 fully saturated rings. The van der Waals surface area contributed by atoms with Crippen LogP contribution < -0.4 is 0 Å². The molecule has 1 aromatic rings. The van der Waals surface area contributed by atoms with Crippen molar-refractivity contribution < 1.29 is 19.4 Å². The van der Waals surface area contributed by atoms with Gasteiger partial charge >= 0.3 is 5.97 Å². The standard InChI is InChI=1S/C13H14O4/c1-8(14)11-7-10(3-4-12(11)16)13(5-6-13)17-9(2)15/h3-4,7,16H,5-6H2,1-2H3. The molecule has 0 heterocycles. The number of aromatic hydroxyl groups is 1. The van der Waals surface area contributed by atoms with Crippen molar-refractivity contribution in [3.63, 3.8) is 0 Å². The number of Topliss-reactive ketones (excluding diaryl/α,β-unsaturated/α-hetero) is 1. The highest BCUT2D eigenvalue weighted by molar-refractivity contribution is 5.96. The predicted octanol–water partition coefficient (Wildman–Crippen LogP) is 2.15. The maximum atomic E-state index is 11.3. The quantitative estimate of drug-likeness (QED) is 0.643. The number of carbonyl (C=O) groups excluding carboxylic acids is 2. The molecule has 0 atom stereocenters. The molecule has 0 unspecified atom stereocenters. The number of benzene rings is 1. The molecular weight excluding hydrogens is 220 g/mol. The first-order valence-electron chi connectivity index (χ1n) is 5.49. The fraction of sp³-hybridized carbons (Fsp3) is 0.385. The topological polar surface area (TPSA) is 63.6 Å². The summed E-state index contributed by atoms with van der Waals surface area (Å²) < 4.78 is 5.28. The fourth-order valence-corrected chi connectivity index (χ4v) is 1.94. The SMILES string of the molecule is CC(=O)OC1(c2ccc(O)c(C(C)=O)c2)CC1. The van der Waals surface area contributed by atoms with E-state index in [4.69, 9.17) is 4.74 Å². The summed E-state index contributed by atoms with van der Waals surface area (Å²) in [6.07, 6.45) is 1.52. The van der Waals surface area contributed by atoms with Crippen molar-refractivity contribution in [3.8, 4) is 5.75 Å². The van der Waals surface area contributed by atoms with Crippen LogP contribution >= 0.6 is 0 Å². The van der Waals surface area contributed by atoms with Crippen LogP contribution in [-0.4, -0.2) is 16.9 Å². The van der Waals surface area contributed by atoms with Crippen molar-refractivity contribution in [1.29, 1.82) is 0 Å². The van der Waals surface area contributed by atoms with E-state index in [1.54, 1.807) is 12.1 Å². The van der Waals surface area contributed by atoms with Crippen molar-refractivity contribution in [3.05, 3.63) is 29.3 Å². The normalized spacial score (nSPS) is 16.4. The van der Waals surface area contributed by atoms with Crippen LogP contribution in [0.4, 0.5) is 0 Å². The molecule has 17 heavy (non-hydrogen) atoms. The van der Waals surface area contributed by atoms with E-state index < -0.39 is 5.60 Å². The lowest BCUT2D eigenvalue weighted by Gasteiger charge is -2.16. The van der Waals surface area contributed by atoms with E-state index in [9.17, 15) is 14.7 Å². The summed E-state index contributed by atoms with van der Waals surface area (Å²) in [7, 11) is 0. The summed E-state index contributed by atoms with van der Waals surface area (Å²) in [6.45, 7) is 2.76. The molecule has 0 spiro atoms. The lowest BCUT2D eigenvalue weighted by molar-refractivity contribution is -0.149. The molecule has 2 rings (SSSR count). The van der Waals surface area contributed by atoms with Gasteiger partial charge in [0.2, 0.25) is 0 Å². The van der Waals surface area contributed by atoms with Gasteiger partial charge in [0.1, 0.15) is 11.4 Å². The van der Waals surface area contributed by atoms with Crippen LogP contribution in [0.2, 0.25) is 0 Å². The second-order valence-corrected chi connectivity index (χ2v) is 4.38. The van der Waals surface area contributed by atoms with E-state index >= 15 is 0 Å². The Kier molecular flexibility index (Phi) is 2.65. The van der Waals surface area contributed by atoms with Crippen molar-refractivity contribution >= 4 is 11.8 Å². The first kappa shape index (κ1) is 11.6. The van der Waals surface area contributed by atoms with Gasteiger partial charge in [0, 0.05) is 6.92 Å². The van der Waals surface area contributed by atoms with Crippen LogP contribution in [0.15, 0.2) is 18.2 Å². The maximum absolute atomic E-state index is 11.3. The summed E-state index contributed by atoms with van der Waals surface area (Å²) >= 11 is 0. The van der Waals surface area contributed by atoms with Gasteiger partial charge in [-0.2, -0.15) is 0 Å². The number of hydrogen-bond acceptors (Lipinski definition) is 4. The zero-order valence-electron chi connectivity index (χ0n) is 9.82. The first-order chi connectivity index (χ1) is 7.94. The second kappa shape index (κ2) is 3.87. The summed E-state index contributed by atoms with van der Waals surface area (Å²) in [5.74, 6) is -0.581. The summed E-state index contributed by atoms with van der Waals surface area (Å²) in [5, 5.41) is 9.54. The molecule has 0 bridgehead atoms. The number of phenols is 1. The van der Waals surface area contributed by atoms with Crippen LogP contribution in [-0.2, 0) is 15.1 Å². The van der Waals surface area contributed by atoms with Crippen LogP contribution in [0.1, 0.15) is 42.6 Å². The highest BCUT2D eigenvalue weighted by Crippen LogP contribution is 2.50. The fourth-order valence-electron chi connectivity index (χ4n) is 1.94. The minimum atomic E-state index is -0.580. The van der Waals surface area contributed by atoms with Gasteiger partial charge in [0.25, 0.3) is 0 Å².